The number of para-hydroxylation sites is 1. The lowest BCUT2D eigenvalue weighted by atomic mass is 10.1. The molecular weight excluding hydrogens is 492 g/mol. The molecule has 206 valence electrons. The summed E-state index contributed by atoms with van der Waals surface area (Å²) in [6, 6.07) is 12.6. The molecule has 1 N–H and O–H groups in total. The molecule has 0 spiro atoms. The molecule has 1 aromatic heterocycles. The van der Waals surface area contributed by atoms with E-state index in [4.69, 9.17) is 19.3 Å². The maximum absolute atomic E-state index is 14.6. The Kier molecular flexibility index (Phi) is 10.2. The van der Waals surface area contributed by atoms with Gasteiger partial charge in [-0.05, 0) is 50.5 Å². The molecule has 0 radical (unpaired) electrons. The normalized spacial score (nSPS) is 16.3. The van der Waals surface area contributed by atoms with Crippen LogP contribution in [0.5, 0.6) is 11.6 Å². The summed E-state index contributed by atoms with van der Waals surface area (Å²) >= 11 is 0. The van der Waals surface area contributed by atoms with Gasteiger partial charge >= 0.3 is 0 Å². The van der Waals surface area contributed by atoms with E-state index in [9.17, 15) is 13.9 Å². The Morgan fingerprint density at radius 3 is 2.74 bits per heavy atom. The molecule has 2 aromatic carbocycles. The van der Waals surface area contributed by atoms with Crippen molar-refractivity contribution in [3.05, 3.63) is 71.4 Å². The molecular formula is C29H37F2N3O4. The topological polar surface area (TPSA) is 69.0 Å². The summed E-state index contributed by atoms with van der Waals surface area (Å²) in [7, 11) is 0. The molecule has 2 heterocycles. The molecule has 38 heavy (non-hydrogen) atoms. The largest absolute Gasteiger partial charge is 0.435 e. The Hall–Kier alpha value is -2.85. The highest BCUT2D eigenvalue weighted by molar-refractivity contribution is 5.43. The molecule has 0 amide bonds. The lowest BCUT2D eigenvalue weighted by Crippen LogP contribution is -2.39. The van der Waals surface area contributed by atoms with Crippen LogP contribution in [-0.4, -0.2) is 64.9 Å². The molecule has 2 atom stereocenters. The number of rotatable bonds is 14. The minimum absolute atomic E-state index is 0.0617. The van der Waals surface area contributed by atoms with Crippen LogP contribution in [0.3, 0.4) is 0 Å². The van der Waals surface area contributed by atoms with Crippen molar-refractivity contribution in [2.45, 2.75) is 58.3 Å². The van der Waals surface area contributed by atoms with Crippen molar-refractivity contribution in [2.75, 3.05) is 32.9 Å². The van der Waals surface area contributed by atoms with Crippen molar-refractivity contribution < 1.29 is 28.1 Å². The monoisotopic (exact) mass is 529 g/mol. The fraction of sp³-hybridized carbons (Fsp3) is 0.483. The maximum atomic E-state index is 14.6. The summed E-state index contributed by atoms with van der Waals surface area (Å²) in [5, 5.41) is 15.5. The van der Waals surface area contributed by atoms with E-state index < -0.39 is 17.7 Å². The second-order valence-electron chi connectivity index (χ2n) is 9.70. The number of hydrogen-bond donors (Lipinski definition) is 1. The van der Waals surface area contributed by atoms with Gasteiger partial charge in [0.2, 0.25) is 5.88 Å². The molecule has 7 nitrogen and oxygen atoms in total. The van der Waals surface area contributed by atoms with Gasteiger partial charge in [-0.3, -0.25) is 4.90 Å². The van der Waals surface area contributed by atoms with Crippen LogP contribution in [0.25, 0.3) is 5.69 Å². The number of halogens is 2. The Morgan fingerprint density at radius 1 is 1.21 bits per heavy atom. The number of aromatic nitrogens is 2. The van der Waals surface area contributed by atoms with Crippen LogP contribution in [-0.2, 0) is 16.0 Å². The summed E-state index contributed by atoms with van der Waals surface area (Å²) in [5.41, 5.74) is 2.20. The number of hydrogen-bond acceptors (Lipinski definition) is 6. The molecule has 4 rings (SSSR count). The Balaban J connectivity index is 1.63. The van der Waals surface area contributed by atoms with E-state index in [2.05, 4.69) is 11.8 Å². The first-order chi connectivity index (χ1) is 18.4. The lowest BCUT2D eigenvalue weighted by Gasteiger charge is -2.27. The van der Waals surface area contributed by atoms with Crippen LogP contribution in [0.15, 0.2) is 48.5 Å². The molecule has 0 aliphatic carbocycles. The highest BCUT2D eigenvalue weighted by Crippen LogP contribution is 2.33. The molecule has 1 aliphatic heterocycles. The van der Waals surface area contributed by atoms with Crippen LogP contribution in [0, 0.1) is 18.6 Å². The van der Waals surface area contributed by atoms with Gasteiger partial charge in [0.05, 0.1) is 35.8 Å². The van der Waals surface area contributed by atoms with Crippen molar-refractivity contribution >= 4 is 0 Å². The van der Waals surface area contributed by atoms with E-state index in [0.29, 0.717) is 37.8 Å². The van der Waals surface area contributed by atoms with E-state index in [-0.39, 0.29) is 18.5 Å². The Morgan fingerprint density at radius 2 is 2.03 bits per heavy atom. The van der Waals surface area contributed by atoms with Crippen molar-refractivity contribution in [3.63, 3.8) is 0 Å². The molecule has 1 aliphatic rings. The van der Waals surface area contributed by atoms with Gasteiger partial charge in [0.25, 0.3) is 0 Å². The maximum Gasteiger partial charge on any atom is 0.227 e. The minimum atomic E-state index is -0.801. The predicted octanol–water partition coefficient (Wildman–Crippen LogP) is 5.41. The second-order valence-corrected chi connectivity index (χ2v) is 9.70. The summed E-state index contributed by atoms with van der Waals surface area (Å²) in [6.07, 6.45) is 3.31. The first-order valence-electron chi connectivity index (χ1n) is 13.3. The van der Waals surface area contributed by atoms with E-state index in [1.54, 1.807) is 4.68 Å². The summed E-state index contributed by atoms with van der Waals surface area (Å²) in [4.78, 5) is 2.11. The van der Waals surface area contributed by atoms with Gasteiger partial charge in [0.1, 0.15) is 5.82 Å². The van der Waals surface area contributed by atoms with Gasteiger partial charge in [-0.25, -0.2) is 13.5 Å². The number of aliphatic hydroxyl groups excluding tert-OH is 1. The van der Waals surface area contributed by atoms with Crippen LogP contribution in [0.2, 0.25) is 0 Å². The average molecular weight is 530 g/mol. The second kappa shape index (κ2) is 13.8. The Bertz CT molecular complexity index is 1150. The van der Waals surface area contributed by atoms with Gasteiger partial charge in [0, 0.05) is 38.9 Å². The van der Waals surface area contributed by atoms with Crippen molar-refractivity contribution in [3.8, 4) is 17.3 Å². The van der Waals surface area contributed by atoms with E-state index >= 15 is 0 Å². The van der Waals surface area contributed by atoms with Crippen LogP contribution < -0.4 is 4.74 Å². The highest BCUT2D eigenvalue weighted by Gasteiger charge is 2.26. The SMILES string of the molecule is CCCCOC[C@@H](O)CN(Cc1c(C)nn(-c2ccccc2)c1Oc1ccc(F)cc1F)C[C@@H]1CCCO1. The van der Waals surface area contributed by atoms with Crippen molar-refractivity contribution in [1.82, 2.24) is 14.7 Å². The number of ether oxygens (including phenoxy) is 3. The van der Waals surface area contributed by atoms with Crippen molar-refractivity contribution in [2.24, 2.45) is 0 Å². The van der Waals surface area contributed by atoms with Gasteiger partial charge in [-0.15, -0.1) is 0 Å². The number of nitrogens with zero attached hydrogens (tertiary/aromatic N) is 3. The minimum Gasteiger partial charge on any atom is -0.435 e. The standard InChI is InChI=1S/C29H37F2N3O4/c1-3-4-14-36-20-24(35)17-33(18-25-11-8-15-37-25)19-26-21(2)32-34(23-9-6-5-7-10-23)29(26)38-28-13-12-22(30)16-27(28)31/h5-7,9-10,12-13,16,24-25,35H,3-4,8,11,14-15,17-20H2,1-2H3/t24-,25-/m0/s1. The number of aryl methyl sites for hydroxylation is 1. The predicted molar refractivity (Wildman–Crippen MR) is 141 cm³/mol. The zero-order valence-electron chi connectivity index (χ0n) is 22.1. The van der Waals surface area contributed by atoms with Crippen LogP contribution in [0.4, 0.5) is 8.78 Å². The number of benzene rings is 2. The summed E-state index contributed by atoms with van der Waals surface area (Å²) in [5.74, 6) is -1.24. The first kappa shape index (κ1) is 28.2. The zero-order chi connectivity index (χ0) is 26.9. The highest BCUT2D eigenvalue weighted by atomic mass is 19.1. The number of unbranched alkanes of at least 4 members (excludes halogenated alkanes) is 1. The molecule has 0 unspecified atom stereocenters. The smallest absolute Gasteiger partial charge is 0.227 e. The third-order valence-electron chi connectivity index (χ3n) is 6.53. The molecule has 3 aromatic rings. The Labute approximate surface area is 222 Å². The third kappa shape index (κ3) is 7.60. The lowest BCUT2D eigenvalue weighted by molar-refractivity contribution is 0.00136. The van der Waals surface area contributed by atoms with Crippen LogP contribution >= 0.6 is 0 Å². The summed E-state index contributed by atoms with van der Waals surface area (Å²) < 4.78 is 47.4. The fourth-order valence-electron chi connectivity index (χ4n) is 4.55. The average Bonchev–Trinajstić information content (AvgIpc) is 3.52. The molecule has 0 bridgehead atoms. The quantitative estimate of drug-likeness (QED) is 0.282. The van der Waals surface area contributed by atoms with Crippen LogP contribution in [0.1, 0.15) is 43.9 Å². The molecule has 1 saturated heterocycles. The van der Waals surface area contributed by atoms with E-state index in [1.165, 1.54) is 6.07 Å². The molecule has 0 saturated carbocycles. The number of aliphatic hydroxyl groups is 1. The van der Waals surface area contributed by atoms with Crippen molar-refractivity contribution in [1.29, 1.82) is 0 Å². The van der Waals surface area contributed by atoms with Gasteiger partial charge in [-0.2, -0.15) is 5.10 Å². The summed E-state index contributed by atoms with van der Waals surface area (Å²) in [6.45, 7) is 6.93. The third-order valence-corrected chi connectivity index (χ3v) is 6.53. The van der Waals surface area contributed by atoms with Gasteiger partial charge < -0.3 is 19.3 Å². The van der Waals surface area contributed by atoms with Gasteiger partial charge in [0.15, 0.2) is 11.6 Å². The molecule has 1 fully saturated rings. The first-order valence-corrected chi connectivity index (χ1v) is 13.3. The molecule has 9 heteroatoms. The van der Waals surface area contributed by atoms with E-state index in [1.807, 2.05) is 37.3 Å². The zero-order valence-corrected chi connectivity index (χ0v) is 22.1. The fourth-order valence-corrected chi connectivity index (χ4v) is 4.55. The van der Waals surface area contributed by atoms with E-state index in [0.717, 1.165) is 55.7 Å². The van der Waals surface area contributed by atoms with Gasteiger partial charge in [-0.1, -0.05) is 31.5 Å².